The van der Waals surface area contributed by atoms with Gasteiger partial charge in [-0.2, -0.15) is 0 Å². The summed E-state index contributed by atoms with van der Waals surface area (Å²) < 4.78 is 23.5. The lowest BCUT2D eigenvalue weighted by Crippen LogP contribution is -2.42. The van der Waals surface area contributed by atoms with Crippen LogP contribution in [0.3, 0.4) is 0 Å². The zero-order valence-electron chi connectivity index (χ0n) is 14.7. The van der Waals surface area contributed by atoms with Crippen molar-refractivity contribution in [2.75, 3.05) is 23.8 Å². The van der Waals surface area contributed by atoms with Crippen LogP contribution in [0.25, 0.3) is 0 Å². The van der Waals surface area contributed by atoms with Gasteiger partial charge in [-0.1, -0.05) is 31.0 Å². The maximum atomic E-state index is 12.7. The lowest BCUT2D eigenvalue weighted by atomic mass is 10.2. The number of carbonyl (C=O) groups is 1. The van der Waals surface area contributed by atoms with E-state index in [4.69, 9.17) is 0 Å². The first-order valence-corrected chi connectivity index (χ1v) is 11.3. The number of unbranched alkanes of at least 4 members (excludes halogenated alkanes) is 1. The van der Waals surface area contributed by atoms with Crippen LogP contribution in [0.4, 0.5) is 0 Å². The van der Waals surface area contributed by atoms with Gasteiger partial charge in [-0.15, -0.1) is 11.8 Å². The lowest BCUT2D eigenvalue weighted by molar-refractivity contribution is -0.130. The van der Waals surface area contributed by atoms with Gasteiger partial charge in [0.25, 0.3) is 0 Å². The first kappa shape index (κ1) is 19.3. The predicted octanol–water partition coefficient (Wildman–Crippen LogP) is 3.21. The number of amides is 1. The van der Waals surface area contributed by atoms with E-state index in [1.165, 1.54) is 11.1 Å². The first-order valence-electron chi connectivity index (χ1n) is 8.52. The molecule has 0 N–H and O–H groups in total. The molecule has 0 spiro atoms. The number of aryl methyl sites for hydroxylation is 2. The fourth-order valence-electron chi connectivity index (χ4n) is 3.04. The Morgan fingerprint density at radius 3 is 2.67 bits per heavy atom. The van der Waals surface area contributed by atoms with Gasteiger partial charge in [-0.3, -0.25) is 4.79 Å². The number of hydrogen-bond acceptors (Lipinski definition) is 4. The van der Waals surface area contributed by atoms with E-state index in [0.717, 1.165) is 17.7 Å². The van der Waals surface area contributed by atoms with Crippen LogP contribution in [0.1, 0.15) is 37.3 Å². The van der Waals surface area contributed by atoms with Gasteiger partial charge in [-0.05, 0) is 38.3 Å². The number of sulfone groups is 1. The van der Waals surface area contributed by atoms with E-state index in [1.54, 1.807) is 11.8 Å². The predicted molar refractivity (Wildman–Crippen MR) is 100 cm³/mol. The summed E-state index contributed by atoms with van der Waals surface area (Å²) in [5, 5.41) is 0. The van der Waals surface area contributed by atoms with Crippen LogP contribution in [0.2, 0.25) is 0 Å². The summed E-state index contributed by atoms with van der Waals surface area (Å²) >= 11 is 1.54. The Kier molecular flexibility index (Phi) is 6.75. The maximum Gasteiger partial charge on any atom is 0.233 e. The average Bonchev–Trinajstić information content (AvgIpc) is 2.86. The van der Waals surface area contributed by atoms with Gasteiger partial charge in [0.1, 0.15) is 0 Å². The fourth-order valence-corrected chi connectivity index (χ4v) is 5.67. The Balaban J connectivity index is 2.02. The molecule has 1 heterocycles. The smallest absolute Gasteiger partial charge is 0.233 e. The normalized spacial score (nSPS) is 19.4. The Bertz CT molecular complexity index is 686. The number of benzene rings is 1. The van der Waals surface area contributed by atoms with Crippen molar-refractivity contribution >= 4 is 27.5 Å². The summed E-state index contributed by atoms with van der Waals surface area (Å²) in [5.41, 5.74) is 2.39. The van der Waals surface area contributed by atoms with Gasteiger partial charge in [-0.25, -0.2) is 8.42 Å². The Morgan fingerprint density at radius 2 is 2.08 bits per heavy atom. The average molecular weight is 370 g/mol. The lowest BCUT2D eigenvalue weighted by Gasteiger charge is -2.28. The van der Waals surface area contributed by atoms with E-state index in [0.29, 0.717) is 18.7 Å². The highest BCUT2D eigenvalue weighted by molar-refractivity contribution is 8.00. The van der Waals surface area contributed by atoms with Crippen LogP contribution < -0.4 is 0 Å². The van der Waals surface area contributed by atoms with Crippen LogP contribution in [0.5, 0.6) is 0 Å². The molecule has 0 radical (unpaired) electrons. The quantitative estimate of drug-likeness (QED) is 0.693. The molecule has 1 unspecified atom stereocenters. The molecule has 4 nitrogen and oxygen atoms in total. The minimum absolute atomic E-state index is 0.0514. The Hall–Kier alpha value is -1.01. The van der Waals surface area contributed by atoms with Crippen molar-refractivity contribution in [3.8, 4) is 0 Å². The summed E-state index contributed by atoms with van der Waals surface area (Å²) in [6, 6.07) is 6.08. The molecule has 134 valence electrons. The van der Waals surface area contributed by atoms with Crippen molar-refractivity contribution < 1.29 is 13.2 Å². The molecule has 0 bridgehead atoms. The van der Waals surface area contributed by atoms with Crippen molar-refractivity contribution in [3.05, 3.63) is 29.3 Å². The van der Waals surface area contributed by atoms with Gasteiger partial charge in [0.2, 0.25) is 5.91 Å². The second kappa shape index (κ2) is 8.39. The highest BCUT2D eigenvalue weighted by atomic mass is 32.2. The third kappa shape index (κ3) is 5.24. The number of thioether (sulfide) groups is 1. The minimum Gasteiger partial charge on any atom is -0.338 e. The van der Waals surface area contributed by atoms with E-state index in [9.17, 15) is 13.2 Å². The van der Waals surface area contributed by atoms with E-state index in [-0.39, 0.29) is 23.5 Å². The second-order valence-electron chi connectivity index (χ2n) is 6.56. The highest BCUT2D eigenvalue weighted by Gasteiger charge is 2.34. The van der Waals surface area contributed by atoms with Crippen molar-refractivity contribution in [2.24, 2.45) is 0 Å². The zero-order valence-corrected chi connectivity index (χ0v) is 16.4. The molecule has 6 heteroatoms. The standard InChI is InChI=1S/C18H27NO3S2/c1-4-5-9-19(16-8-10-24(21,22)13-16)18(20)12-23-17-7-6-14(2)11-15(17)3/h6-7,11,16H,4-5,8-10,12-13H2,1-3H3. The molecular formula is C18H27NO3S2. The number of rotatable bonds is 7. The molecule has 1 fully saturated rings. The van der Waals surface area contributed by atoms with Gasteiger partial charge < -0.3 is 4.90 Å². The minimum atomic E-state index is -2.98. The second-order valence-corrected chi connectivity index (χ2v) is 9.80. The largest absolute Gasteiger partial charge is 0.338 e. The molecule has 1 aliphatic heterocycles. The number of nitrogens with zero attached hydrogens (tertiary/aromatic N) is 1. The van der Waals surface area contributed by atoms with Crippen molar-refractivity contribution in [1.82, 2.24) is 4.90 Å². The van der Waals surface area contributed by atoms with Crippen molar-refractivity contribution in [2.45, 2.75) is 51.0 Å². The number of carbonyl (C=O) groups excluding carboxylic acids is 1. The molecular weight excluding hydrogens is 342 g/mol. The summed E-state index contributed by atoms with van der Waals surface area (Å²) in [6.45, 7) is 6.85. The van der Waals surface area contributed by atoms with Gasteiger partial charge >= 0.3 is 0 Å². The maximum absolute atomic E-state index is 12.7. The molecule has 1 aromatic carbocycles. The van der Waals surface area contributed by atoms with Crippen LogP contribution in [-0.4, -0.2) is 49.1 Å². The van der Waals surface area contributed by atoms with Gasteiger partial charge in [0.15, 0.2) is 9.84 Å². The SMILES string of the molecule is CCCCN(C(=O)CSc1ccc(C)cc1C)C1CCS(=O)(=O)C1. The monoisotopic (exact) mass is 369 g/mol. The van der Waals surface area contributed by atoms with E-state index >= 15 is 0 Å². The van der Waals surface area contributed by atoms with Gasteiger partial charge in [0.05, 0.1) is 17.3 Å². The fraction of sp³-hybridized carbons (Fsp3) is 0.611. The Labute approximate surface area is 149 Å². The number of hydrogen-bond donors (Lipinski definition) is 0. The van der Waals surface area contributed by atoms with E-state index < -0.39 is 9.84 Å². The molecule has 2 rings (SSSR count). The zero-order chi connectivity index (χ0) is 17.7. The highest BCUT2D eigenvalue weighted by Crippen LogP contribution is 2.25. The molecule has 1 aliphatic rings. The van der Waals surface area contributed by atoms with E-state index in [1.807, 2.05) is 4.90 Å². The molecule has 24 heavy (non-hydrogen) atoms. The first-order chi connectivity index (χ1) is 11.3. The van der Waals surface area contributed by atoms with Crippen molar-refractivity contribution in [3.63, 3.8) is 0 Å². The summed E-state index contributed by atoms with van der Waals surface area (Å²) in [7, 11) is -2.98. The van der Waals surface area contributed by atoms with Crippen LogP contribution in [0.15, 0.2) is 23.1 Å². The third-order valence-corrected chi connectivity index (χ3v) is 7.31. The molecule has 1 amide bonds. The summed E-state index contributed by atoms with van der Waals surface area (Å²) in [5.74, 6) is 0.744. The van der Waals surface area contributed by atoms with Gasteiger partial charge in [0, 0.05) is 17.5 Å². The third-order valence-electron chi connectivity index (χ3n) is 4.40. The molecule has 1 aromatic rings. The molecule has 0 aromatic heterocycles. The molecule has 1 saturated heterocycles. The molecule has 0 saturated carbocycles. The summed E-state index contributed by atoms with van der Waals surface area (Å²) in [6.07, 6.45) is 2.48. The van der Waals surface area contributed by atoms with Crippen LogP contribution in [0, 0.1) is 13.8 Å². The molecule has 0 aliphatic carbocycles. The Morgan fingerprint density at radius 1 is 1.33 bits per heavy atom. The van der Waals surface area contributed by atoms with Crippen LogP contribution in [-0.2, 0) is 14.6 Å². The molecule has 1 atom stereocenters. The van der Waals surface area contributed by atoms with Crippen molar-refractivity contribution in [1.29, 1.82) is 0 Å². The van der Waals surface area contributed by atoms with Crippen LogP contribution >= 0.6 is 11.8 Å². The summed E-state index contributed by atoms with van der Waals surface area (Å²) in [4.78, 5) is 15.6. The van der Waals surface area contributed by atoms with E-state index in [2.05, 4.69) is 39.0 Å². The topological polar surface area (TPSA) is 54.5 Å².